The van der Waals surface area contributed by atoms with Gasteiger partial charge >= 0.3 is 0 Å². The van der Waals surface area contributed by atoms with Gasteiger partial charge in [-0.25, -0.2) is 17.8 Å². The summed E-state index contributed by atoms with van der Waals surface area (Å²) in [4.78, 5) is 21.7. The maximum Gasteiger partial charge on any atom is 0.260 e. The molecular formula is C24H29FN4O3S2. The lowest BCUT2D eigenvalue weighted by atomic mass is 10.2. The van der Waals surface area contributed by atoms with Crippen molar-refractivity contribution in [2.24, 2.45) is 0 Å². The first kappa shape index (κ1) is 24.7. The predicted octanol–water partition coefficient (Wildman–Crippen LogP) is 4.21. The van der Waals surface area contributed by atoms with Gasteiger partial charge in [-0.1, -0.05) is 24.2 Å². The number of hydrogen-bond donors (Lipinski definition) is 0. The van der Waals surface area contributed by atoms with Crippen molar-refractivity contribution in [2.75, 3.05) is 45.2 Å². The van der Waals surface area contributed by atoms with Crippen LogP contribution in [0.4, 0.5) is 9.52 Å². The zero-order valence-electron chi connectivity index (χ0n) is 19.4. The Morgan fingerprint density at radius 1 is 1.03 bits per heavy atom. The number of sulfonamides is 1. The lowest BCUT2D eigenvalue weighted by Gasteiger charge is -2.22. The molecule has 3 aromatic rings. The maximum atomic E-state index is 13.7. The molecule has 1 amide bonds. The molecule has 1 aliphatic rings. The summed E-state index contributed by atoms with van der Waals surface area (Å²) in [6, 6.07) is 10.5. The van der Waals surface area contributed by atoms with Crippen LogP contribution in [0.15, 0.2) is 47.4 Å². The van der Waals surface area contributed by atoms with Crippen LogP contribution in [0.1, 0.15) is 36.0 Å². The fourth-order valence-corrected chi connectivity index (χ4v) is 6.47. The maximum absolute atomic E-state index is 13.7. The highest BCUT2D eigenvalue weighted by Crippen LogP contribution is 2.30. The van der Waals surface area contributed by atoms with Gasteiger partial charge in [-0.3, -0.25) is 9.69 Å². The lowest BCUT2D eigenvalue weighted by molar-refractivity contribution is 0.0985. The van der Waals surface area contributed by atoms with Crippen LogP contribution >= 0.6 is 11.3 Å². The van der Waals surface area contributed by atoms with E-state index in [2.05, 4.69) is 4.98 Å². The topological polar surface area (TPSA) is 73.8 Å². The molecule has 0 spiro atoms. The first-order chi connectivity index (χ1) is 16.3. The van der Waals surface area contributed by atoms with Crippen molar-refractivity contribution in [1.82, 2.24) is 14.2 Å². The van der Waals surface area contributed by atoms with E-state index in [1.807, 2.05) is 19.0 Å². The third-order valence-electron chi connectivity index (χ3n) is 5.89. The Balaban J connectivity index is 1.60. The number of anilines is 1. The van der Waals surface area contributed by atoms with Gasteiger partial charge in [0.05, 0.1) is 15.1 Å². The molecule has 34 heavy (non-hydrogen) atoms. The van der Waals surface area contributed by atoms with E-state index in [4.69, 9.17) is 0 Å². The number of nitrogens with zero attached hydrogens (tertiary/aromatic N) is 4. The van der Waals surface area contributed by atoms with Crippen LogP contribution in [0.2, 0.25) is 0 Å². The number of hydrogen-bond acceptors (Lipinski definition) is 6. The highest BCUT2D eigenvalue weighted by atomic mass is 32.2. The van der Waals surface area contributed by atoms with Crippen LogP contribution in [0, 0.1) is 5.82 Å². The number of likely N-dealkylation sites (N-methyl/N-ethyl adjacent to an activating group) is 1. The Labute approximate surface area is 203 Å². The van der Waals surface area contributed by atoms with E-state index in [-0.39, 0.29) is 16.6 Å². The number of carbonyl (C=O) groups excluding carboxylic acids is 1. The van der Waals surface area contributed by atoms with Gasteiger partial charge in [-0.15, -0.1) is 0 Å². The smallest absolute Gasteiger partial charge is 0.260 e. The molecule has 10 heteroatoms. The molecule has 2 heterocycles. The van der Waals surface area contributed by atoms with Crippen molar-refractivity contribution >= 4 is 42.6 Å². The second-order valence-corrected chi connectivity index (χ2v) is 11.7. The van der Waals surface area contributed by atoms with Gasteiger partial charge < -0.3 is 4.90 Å². The first-order valence-electron chi connectivity index (χ1n) is 11.4. The van der Waals surface area contributed by atoms with E-state index < -0.39 is 10.0 Å². The molecule has 0 aliphatic carbocycles. The van der Waals surface area contributed by atoms with Crippen LogP contribution in [0.5, 0.6) is 0 Å². The average Bonchev–Trinajstić information content (AvgIpc) is 3.02. The summed E-state index contributed by atoms with van der Waals surface area (Å²) in [6.45, 7) is 2.05. The molecule has 0 unspecified atom stereocenters. The summed E-state index contributed by atoms with van der Waals surface area (Å²) in [7, 11) is 0.244. The summed E-state index contributed by atoms with van der Waals surface area (Å²) < 4.78 is 42.0. The van der Waals surface area contributed by atoms with Crippen LogP contribution in [-0.2, 0) is 10.0 Å². The molecule has 7 nitrogen and oxygen atoms in total. The van der Waals surface area contributed by atoms with Gasteiger partial charge in [0, 0.05) is 31.7 Å². The molecule has 4 rings (SSSR count). The first-order valence-corrected chi connectivity index (χ1v) is 13.6. The Morgan fingerprint density at radius 2 is 1.71 bits per heavy atom. The average molecular weight is 505 g/mol. The molecule has 182 valence electrons. The van der Waals surface area contributed by atoms with Crippen molar-refractivity contribution in [1.29, 1.82) is 0 Å². The minimum atomic E-state index is -3.59. The van der Waals surface area contributed by atoms with Crippen LogP contribution in [0.25, 0.3) is 10.2 Å². The molecule has 1 aromatic heterocycles. The van der Waals surface area contributed by atoms with Gasteiger partial charge in [0.25, 0.3) is 5.91 Å². The van der Waals surface area contributed by atoms with Gasteiger partial charge in [0.15, 0.2) is 5.13 Å². The lowest BCUT2D eigenvalue weighted by Crippen LogP contribution is -2.36. The highest BCUT2D eigenvalue weighted by molar-refractivity contribution is 7.89. The number of amides is 1. The van der Waals surface area contributed by atoms with Crippen LogP contribution in [-0.4, -0.2) is 68.8 Å². The Kier molecular flexibility index (Phi) is 7.61. The van der Waals surface area contributed by atoms with Crippen LogP contribution < -0.4 is 4.90 Å². The second kappa shape index (κ2) is 10.5. The second-order valence-electron chi connectivity index (χ2n) is 8.71. The number of benzene rings is 2. The fourth-order valence-electron chi connectivity index (χ4n) is 3.94. The monoisotopic (exact) mass is 504 g/mol. The van der Waals surface area contributed by atoms with Gasteiger partial charge in [0.1, 0.15) is 5.82 Å². The summed E-state index contributed by atoms with van der Waals surface area (Å²) in [5.74, 6) is -0.629. The number of rotatable bonds is 7. The fraction of sp³-hybridized carbons (Fsp3) is 0.417. The van der Waals surface area contributed by atoms with Gasteiger partial charge in [-0.2, -0.15) is 4.31 Å². The van der Waals surface area contributed by atoms with Crippen molar-refractivity contribution in [2.45, 2.75) is 30.6 Å². The molecule has 0 bridgehead atoms. The Bertz CT molecular complexity index is 1250. The minimum Gasteiger partial charge on any atom is -0.308 e. The minimum absolute atomic E-state index is 0.196. The van der Waals surface area contributed by atoms with Gasteiger partial charge in [-0.05, 0) is 69.4 Å². The van der Waals surface area contributed by atoms with Gasteiger partial charge in [0.2, 0.25) is 10.0 Å². The molecule has 1 saturated heterocycles. The Hall–Kier alpha value is -2.40. The number of carbonyl (C=O) groups is 1. The third-order valence-corrected chi connectivity index (χ3v) is 8.84. The van der Waals surface area contributed by atoms with Crippen molar-refractivity contribution in [3.05, 3.63) is 53.8 Å². The quantitative estimate of drug-likeness (QED) is 0.482. The van der Waals surface area contributed by atoms with Crippen LogP contribution in [0.3, 0.4) is 0 Å². The van der Waals surface area contributed by atoms with E-state index >= 15 is 0 Å². The predicted molar refractivity (Wildman–Crippen MR) is 133 cm³/mol. The molecule has 2 aromatic carbocycles. The van der Waals surface area contributed by atoms with E-state index in [0.717, 1.165) is 25.7 Å². The zero-order valence-corrected chi connectivity index (χ0v) is 21.0. The van der Waals surface area contributed by atoms with E-state index in [1.165, 1.54) is 35.6 Å². The highest BCUT2D eigenvalue weighted by Gasteiger charge is 2.26. The molecule has 1 aliphatic heterocycles. The molecule has 1 fully saturated rings. The summed E-state index contributed by atoms with van der Waals surface area (Å²) >= 11 is 1.26. The number of aromatic nitrogens is 1. The SMILES string of the molecule is CN(C)CCN(C(=O)c1ccc(S(=O)(=O)N2CCCCCC2)cc1)c1nc2ccc(F)cc2s1. The standard InChI is InChI=1S/C24H29FN4O3S2/c1-27(2)15-16-29(24-26-21-12-9-19(25)17-22(21)33-24)23(30)18-7-10-20(11-8-18)34(31,32)28-13-5-3-4-6-14-28/h7-12,17H,3-6,13-16H2,1-2H3. The largest absolute Gasteiger partial charge is 0.308 e. The summed E-state index contributed by atoms with van der Waals surface area (Å²) in [6.07, 6.45) is 3.81. The van der Waals surface area contributed by atoms with Crippen molar-refractivity contribution in [3.63, 3.8) is 0 Å². The van der Waals surface area contributed by atoms with Crippen molar-refractivity contribution < 1.29 is 17.6 Å². The molecular weight excluding hydrogens is 475 g/mol. The molecule has 0 N–H and O–H groups in total. The molecule has 0 saturated carbocycles. The number of fused-ring (bicyclic) bond motifs is 1. The number of halogens is 1. The van der Waals surface area contributed by atoms with E-state index in [0.29, 0.717) is 47.1 Å². The summed E-state index contributed by atoms with van der Waals surface area (Å²) in [5, 5.41) is 0.480. The van der Waals surface area contributed by atoms with E-state index in [1.54, 1.807) is 27.4 Å². The summed E-state index contributed by atoms with van der Waals surface area (Å²) in [5.41, 5.74) is 1.00. The van der Waals surface area contributed by atoms with Crippen molar-refractivity contribution in [3.8, 4) is 0 Å². The van der Waals surface area contributed by atoms with E-state index in [9.17, 15) is 17.6 Å². The Morgan fingerprint density at radius 3 is 2.35 bits per heavy atom. The zero-order chi connectivity index (χ0) is 24.3. The third kappa shape index (κ3) is 5.46. The number of thiazole rings is 1. The normalized spacial score (nSPS) is 15.5. The molecule has 0 atom stereocenters. The molecule has 0 radical (unpaired) electrons.